The summed E-state index contributed by atoms with van der Waals surface area (Å²) in [6.07, 6.45) is 0. The first kappa shape index (κ1) is 20.4. The zero-order chi connectivity index (χ0) is 22.3. The Morgan fingerprint density at radius 3 is 2.65 bits per heavy atom. The van der Waals surface area contributed by atoms with Crippen LogP contribution in [0.25, 0.3) is 22.6 Å². The third kappa shape index (κ3) is 3.92. The summed E-state index contributed by atoms with van der Waals surface area (Å²) in [5.74, 6) is -2.31. The van der Waals surface area contributed by atoms with Gasteiger partial charge in [0.1, 0.15) is 22.6 Å². The summed E-state index contributed by atoms with van der Waals surface area (Å²) in [7, 11) is 0. The maximum atomic E-state index is 14.3. The predicted molar refractivity (Wildman–Crippen MR) is 110 cm³/mol. The minimum absolute atomic E-state index is 0.0872. The summed E-state index contributed by atoms with van der Waals surface area (Å²) < 4.78 is 28.5. The smallest absolute Gasteiger partial charge is 0.272 e. The number of nitro groups is 1. The number of carbonyl (C=O) groups is 1. The van der Waals surface area contributed by atoms with Crippen LogP contribution in [0.15, 0.2) is 42.5 Å². The molecule has 1 amide bonds. The van der Waals surface area contributed by atoms with Gasteiger partial charge in [-0.3, -0.25) is 14.9 Å². The molecule has 2 heterocycles. The van der Waals surface area contributed by atoms with Crippen molar-refractivity contribution in [3.8, 4) is 11.4 Å². The quantitative estimate of drug-likeness (QED) is 0.261. The van der Waals surface area contributed by atoms with Gasteiger partial charge in [-0.15, -0.1) is 0 Å². The number of nitrogens with one attached hydrogen (secondary N) is 2. The van der Waals surface area contributed by atoms with Crippen molar-refractivity contribution in [2.75, 3.05) is 5.32 Å². The summed E-state index contributed by atoms with van der Waals surface area (Å²) in [6, 6.07) is 8.21. The number of anilines is 1. The monoisotopic (exact) mass is 443 g/mol. The first-order valence-electron chi connectivity index (χ1n) is 8.81. The van der Waals surface area contributed by atoms with Crippen molar-refractivity contribution in [2.24, 2.45) is 0 Å². The van der Waals surface area contributed by atoms with Gasteiger partial charge in [0.15, 0.2) is 5.65 Å². The fourth-order valence-electron chi connectivity index (χ4n) is 3.04. The van der Waals surface area contributed by atoms with E-state index in [-0.39, 0.29) is 10.8 Å². The Kier molecular flexibility index (Phi) is 5.07. The summed E-state index contributed by atoms with van der Waals surface area (Å²) in [5, 5.41) is 13.4. The van der Waals surface area contributed by atoms with E-state index in [0.717, 1.165) is 18.2 Å². The molecule has 0 aliphatic carbocycles. The van der Waals surface area contributed by atoms with E-state index in [0.29, 0.717) is 34.2 Å². The number of fused-ring (bicyclic) bond motifs is 1. The molecule has 8 nitrogen and oxygen atoms in total. The van der Waals surface area contributed by atoms with Crippen molar-refractivity contribution in [3.63, 3.8) is 0 Å². The highest BCUT2D eigenvalue weighted by atomic mass is 35.5. The fourth-order valence-corrected chi connectivity index (χ4v) is 3.19. The molecule has 4 aromatic rings. The van der Waals surface area contributed by atoms with Crippen LogP contribution in [0.2, 0.25) is 5.15 Å². The van der Waals surface area contributed by atoms with E-state index in [1.807, 2.05) is 0 Å². The van der Waals surface area contributed by atoms with Crippen LogP contribution in [0, 0.1) is 28.7 Å². The first-order chi connectivity index (χ1) is 14.7. The molecule has 156 valence electrons. The number of aromatic amines is 1. The molecule has 0 bridgehead atoms. The first-order valence-corrected chi connectivity index (χ1v) is 9.19. The predicted octanol–water partition coefficient (Wildman–Crippen LogP) is 5.03. The number of nitro benzene ring substituents is 1. The van der Waals surface area contributed by atoms with E-state index in [2.05, 4.69) is 20.3 Å². The van der Waals surface area contributed by atoms with Gasteiger partial charge in [-0.2, -0.15) is 0 Å². The van der Waals surface area contributed by atoms with Crippen LogP contribution >= 0.6 is 11.6 Å². The van der Waals surface area contributed by atoms with Crippen molar-refractivity contribution in [2.45, 2.75) is 6.92 Å². The Hall–Kier alpha value is -3.92. The second-order valence-electron chi connectivity index (χ2n) is 6.59. The maximum absolute atomic E-state index is 14.3. The Labute approximate surface area is 178 Å². The highest BCUT2D eigenvalue weighted by Crippen LogP contribution is 2.30. The number of rotatable bonds is 4. The fraction of sp³-hybridized carbons (Fsp3) is 0.0500. The van der Waals surface area contributed by atoms with Crippen LogP contribution in [0.3, 0.4) is 0 Å². The highest BCUT2D eigenvalue weighted by molar-refractivity contribution is 6.29. The molecular weight excluding hydrogens is 432 g/mol. The van der Waals surface area contributed by atoms with Crippen molar-refractivity contribution >= 4 is 40.0 Å². The zero-order valence-electron chi connectivity index (χ0n) is 15.7. The normalized spacial score (nSPS) is 11.0. The molecule has 11 heteroatoms. The number of nitrogens with zero attached hydrogens (tertiary/aromatic N) is 3. The van der Waals surface area contributed by atoms with Gasteiger partial charge in [-0.25, -0.2) is 18.7 Å². The summed E-state index contributed by atoms with van der Waals surface area (Å²) in [4.78, 5) is 33.9. The molecule has 0 fully saturated rings. The van der Waals surface area contributed by atoms with Gasteiger partial charge in [0.05, 0.1) is 22.1 Å². The maximum Gasteiger partial charge on any atom is 0.272 e. The number of aromatic nitrogens is 3. The number of halogens is 3. The second kappa shape index (κ2) is 7.73. The third-order valence-corrected chi connectivity index (χ3v) is 4.81. The number of amides is 1. The average Bonchev–Trinajstić information content (AvgIpc) is 3.13. The number of H-pyrrole nitrogens is 1. The van der Waals surface area contributed by atoms with E-state index >= 15 is 0 Å². The van der Waals surface area contributed by atoms with E-state index in [9.17, 15) is 23.7 Å². The standard InChI is InChI=1S/C20H12ClF2N5O3/c1-9-13(18-24-15-4-5-17(21)26-19(15)27-18)6-10(22)7-16(9)25-20(29)12-3-2-11(28(30)31)8-14(12)23/h2-8H,1H3,(H,25,29)(H,24,26,27). The lowest BCUT2D eigenvalue weighted by Crippen LogP contribution is -2.15. The molecular formula is C20H12ClF2N5O3. The summed E-state index contributed by atoms with van der Waals surface area (Å²) in [6.45, 7) is 1.63. The van der Waals surface area contributed by atoms with Crippen molar-refractivity contribution < 1.29 is 18.5 Å². The molecule has 0 saturated carbocycles. The molecule has 0 unspecified atom stereocenters. The highest BCUT2D eigenvalue weighted by Gasteiger charge is 2.19. The number of benzene rings is 2. The molecule has 4 rings (SSSR count). The number of imidazole rings is 1. The van der Waals surface area contributed by atoms with Crippen molar-refractivity contribution in [1.29, 1.82) is 0 Å². The van der Waals surface area contributed by atoms with Crippen LogP contribution in [0.4, 0.5) is 20.2 Å². The van der Waals surface area contributed by atoms with Gasteiger partial charge < -0.3 is 10.3 Å². The molecule has 0 saturated heterocycles. The van der Waals surface area contributed by atoms with Gasteiger partial charge in [0.2, 0.25) is 0 Å². The van der Waals surface area contributed by atoms with E-state index < -0.39 is 33.7 Å². The lowest BCUT2D eigenvalue weighted by Gasteiger charge is -2.12. The van der Waals surface area contributed by atoms with Gasteiger partial charge in [-0.1, -0.05) is 11.6 Å². The van der Waals surface area contributed by atoms with E-state index in [1.54, 1.807) is 19.1 Å². The number of non-ortho nitro benzene ring substituents is 1. The van der Waals surface area contributed by atoms with Gasteiger partial charge in [0, 0.05) is 17.3 Å². The molecule has 2 aromatic carbocycles. The molecule has 0 radical (unpaired) electrons. The zero-order valence-corrected chi connectivity index (χ0v) is 16.5. The average molecular weight is 444 g/mol. The largest absolute Gasteiger partial charge is 0.337 e. The van der Waals surface area contributed by atoms with Crippen molar-refractivity contribution in [1.82, 2.24) is 15.0 Å². The minimum Gasteiger partial charge on any atom is -0.337 e. The van der Waals surface area contributed by atoms with Crippen LogP contribution < -0.4 is 5.32 Å². The van der Waals surface area contributed by atoms with E-state index in [1.165, 1.54) is 6.07 Å². The van der Waals surface area contributed by atoms with Crippen LogP contribution in [-0.2, 0) is 0 Å². The molecule has 0 aliphatic heterocycles. The van der Waals surface area contributed by atoms with Gasteiger partial charge in [-0.05, 0) is 42.8 Å². The lowest BCUT2D eigenvalue weighted by molar-refractivity contribution is -0.385. The second-order valence-corrected chi connectivity index (χ2v) is 6.98. The topological polar surface area (TPSA) is 114 Å². The van der Waals surface area contributed by atoms with Crippen LogP contribution in [-0.4, -0.2) is 25.8 Å². The van der Waals surface area contributed by atoms with Gasteiger partial charge >= 0.3 is 0 Å². The summed E-state index contributed by atoms with van der Waals surface area (Å²) in [5.41, 5.74) is 0.918. The minimum atomic E-state index is -1.07. The third-order valence-electron chi connectivity index (χ3n) is 4.60. The summed E-state index contributed by atoms with van der Waals surface area (Å²) >= 11 is 5.87. The number of hydrogen-bond donors (Lipinski definition) is 2. The SMILES string of the molecule is Cc1c(NC(=O)c2ccc([N+](=O)[O-])cc2F)cc(F)cc1-c1nc2nc(Cl)ccc2[nH]1. The molecule has 2 aromatic heterocycles. The van der Waals surface area contributed by atoms with Crippen LogP contribution in [0.1, 0.15) is 15.9 Å². The van der Waals surface area contributed by atoms with E-state index in [4.69, 9.17) is 11.6 Å². The molecule has 0 aliphatic rings. The lowest BCUT2D eigenvalue weighted by atomic mass is 10.0. The molecule has 2 N–H and O–H groups in total. The number of pyridine rings is 1. The molecule has 0 atom stereocenters. The Morgan fingerprint density at radius 2 is 1.94 bits per heavy atom. The number of hydrogen-bond acceptors (Lipinski definition) is 5. The number of carbonyl (C=O) groups excluding carboxylic acids is 1. The Balaban J connectivity index is 1.70. The molecule has 31 heavy (non-hydrogen) atoms. The van der Waals surface area contributed by atoms with Crippen molar-refractivity contribution in [3.05, 3.63) is 80.5 Å². The Bertz CT molecular complexity index is 1370. The molecule has 0 spiro atoms. The van der Waals surface area contributed by atoms with Crippen LogP contribution in [0.5, 0.6) is 0 Å². The Morgan fingerprint density at radius 1 is 1.16 bits per heavy atom. The van der Waals surface area contributed by atoms with Gasteiger partial charge in [0.25, 0.3) is 11.6 Å².